The van der Waals surface area contributed by atoms with Crippen LogP contribution in [-0.2, 0) is 9.05 Å². The first-order chi connectivity index (χ1) is 7.84. The molecule has 3 nitrogen and oxygen atoms in total. The average Bonchev–Trinajstić information content (AvgIpc) is 2.25. The topological polar surface area (TPSA) is 43.4 Å². The largest absolute Gasteiger partial charge is 0.488 e. The number of hydrogen-bond donors (Lipinski definition) is 0. The standard InChI is InChI=1S/C10H9BrCl2O3S/c1-7(5-12)6-16-9-3-2-8(11)4-10(9)17(13,14)15/h2-5H,6H2,1H3/b7-5-. The normalized spacial score (nSPS) is 12.6. The van der Waals surface area contributed by atoms with Crippen LogP contribution in [0.3, 0.4) is 0 Å². The van der Waals surface area contributed by atoms with Gasteiger partial charge in [-0.05, 0) is 30.7 Å². The predicted octanol–water partition coefficient (Wildman–Crippen LogP) is 3.90. The van der Waals surface area contributed by atoms with Gasteiger partial charge in [0.25, 0.3) is 9.05 Å². The van der Waals surface area contributed by atoms with Crippen molar-refractivity contribution in [2.75, 3.05) is 6.61 Å². The van der Waals surface area contributed by atoms with Gasteiger partial charge in [0.1, 0.15) is 17.3 Å². The molecule has 0 aromatic heterocycles. The van der Waals surface area contributed by atoms with Crippen molar-refractivity contribution in [2.24, 2.45) is 0 Å². The molecular weight excluding hydrogens is 351 g/mol. The fourth-order valence-electron chi connectivity index (χ4n) is 1.01. The molecule has 0 saturated carbocycles. The van der Waals surface area contributed by atoms with Crippen molar-refractivity contribution >= 4 is 47.3 Å². The van der Waals surface area contributed by atoms with Gasteiger partial charge in [-0.3, -0.25) is 0 Å². The summed E-state index contributed by atoms with van der Waals surface area (Å²) < 4.78 is 28.6. The quantitative estimate of drug-likeness (QED) is 0.765. The lowest BCUT2D eigenvalue weighted by Gasteiger charge is -2.09. The Morgan fingerprint density at radius 2 is 2.18 bits per heavy atom. The smallest absolute Gasteiger partial charge is 0.265 e. The van der Waals surface area contributed by atoms with E-state index in [0.29, 0.717) is 4.47 Å². The Labute approximate surface area is 118 Å². The van der Waals surface area contributed by atoms with Gasteiger partial charge in [0, 0.05) is 20.7 Å². The highest BCUT2D eigenvalue weighted by molar-refractivity contribution is 9.10. The van der Waals surface area contributed by atoms with E-state index in [1.165, 1.54) is 17.7 Å². The molecule has 0 saturated heterocycles. The number of benzene rings is 1. The SMILES string of the molecule is C/C(=C/Cl)COc1ccc(Br)cc1S(=O)(=O)Cl. The molecule has 0 atom stereocenters. The third kappa shape index (κ3) is 4.50. The number of hydrogen-bond acceptors (Lipinski definition) is 3. The van der Waals surface area contributed by atoms with Crippen LogP contribution >= 0.6 is 38.2 Å². The molecular formula is C10H9BrCl2O3S. The molecule has 0 heterocycles. The summed E-state index contributed by atoms with van der Waals surface area (Å²) in [6.45, 7) is 1.96. The van der Waals surface area contributed by atoms with Gasteiger partial charge in [0.05, 0.1) is 0 Å². The van der Waals surface area contributed by atoms with E-state index >= 15 is 0 Å². The van der Waals surface area contributed by atoms with Gasteiger partial charge in [0.15, 0.2) is 0 Å². The molecule has 0 fully saturated rings. The zero-order valence-corrected chi connectivity index (χ0v) is 12.7. The van der Waals surface area contributed by atoms with E-state index in [0.717, 1.165) is 5.57 Å². The minimum atomic E-state index is -3.85. The minimum absolute atomic E-state index is 0.0732. The van der Waals surface area contributed by atoms with Crippen LogP contribution in [0.5, 0.6) is 5.75 Å². The highest BCUT2D eigenvalue weighted by Crippen LogP contribution is 2.30. The second-order valence-corrected chi connectivity index (χ2v) is 6.94. The zero-order chi connectivity index (χ0) is 13.1. The lowest BCUT2D eigenvalue weighted by molar-refractivity contribution is 0.343. The highest BCUT2D eigenvalue weighted by Gasteiger charge is 2.17. The summed E-state index contributed by atoms with van der Waals surface area (Å²) in [5.74, 6) is 0.195. The third-order valence-corrected chi connectivity index (χ3v) is 4.02. The van der Waals surface area contributed by atoms with Crippen LogP contribution < -0.4 is 4.74 Å². The minimum Gasteiger partial charge on any atom is -0.488 e. The maximum Gasteiger partial charge on any atom is 0.265 e. The van der Waals surface area contributed by atoms with Crippen LogP contribution in [0.2, 0.25) is 0 Å². The number of ether oxygens (including phenoxy) is 1. The molecule has 0 radical (unpaired) electrons. The molecule has 0 aliphatic rings. The zero-order valence-electron chi connectivity index (χ0n) is 8.78. The lowest BCUT2D eigenvalue weighted by Crippen LogP contribution is -2.02. The molecule has 1 aromatic rings. The molecule has 0 amide bonds. The first-order valence-electron chi connectivity index (χ1n) is 4.47. The molecule has 1 aromatic carbocycles. The van der Waals surface area contributed by atoms with Gasteiger partial charge in [0.2, 0.25) is 0 Å². The summed E-state index contributed by atoms with van der Waals surface area (Å²) in [7, 11) is 1.47. The van der Waals surface area contributed by atoms with Gasteiger partial charge in [-0.25, -0.2) is 8.42 Å². The van der Waals surface area contributed by atoms with Gasteiger partial charge in [-0.1, -0.05) is 27.5 Å². The third-order valence-electron chi connectivity index (χ3n) is 1.81. The Balaban J connectivity index is 3.08. The van der Waals surface area contributed by atoms with Crippen molar-refractivity contribution in [2.45, 2.75) is 11.8 Å². The maximum absolute atomic E-state index is 11.3. The predicted molar refractivity (Wildman–Crippen MR) is 72.3 cm³/mol. The number of halogens is 3. The second-order valence-electron chi connectivity index (χ2n) is 3.27. The van der Waals surface area contributed by atoms with Crippen LogP contribution in [0.25, 0.3) is 0 Å². The monoisotopic (exact) mass is 358 g/mol. The van der Waals surface area contributed by atoms with E-state index in [4.69, 9.17) is 27.0 Å². The molecule has 94 valence electrons. The Bertz CT molecular complexity index is 540. The van der Waals surface area contributed by atoms with Crippen LogP contribution in [-0.4, -0.2) is 15.0 Å². The van der Waals surface area contributed by atoms with E-state index in [2.05, 4.69) is 15.9 Å². The number of rotatable bonds is 4. The highest BCUT2D eigenvalue weighted by atomic mass is 79.9. The molecule has 1 rings (SSSR count). The first-order valence-corrected chi connectivity index (χ1v) is 8.01. The summed E-state index contributed by atoms with van der Waals surface area (Å²) in [5.41, 5.74) is 2.14. The molecule has 0 aliphatic heterocycles. The molecule has 0 aliphatic carbocycles. The van der Waals surface area contributed by atoms with Crippen LogP contribution in [0.4, 0.5) is 0 Å². The first kappa shape index (κ1) is 14.8. The van der Waals surface area contributed by atoms with Crippen LogP contribution in [0.1, 0.15) is 6.92 Å². The fourth-order valence-corrected chi connectivity index (χ4v) is 2.59. The van der Waals surface area contributed by atoms with Crippen molar-refractivity contribution in [3.8, 4) is 5.75 Å². The van der Waals surface area contributed by atoms with E-state index in [1.54, 1.807) is 13.0 Å². The van der Waals surface area contributed by atoms with E-state index in [1.807, 2.05) is 0 Å². The van der Waals surface area contributed by atoms with Gasteiger partial charge in [-0.15, -0.1) is 0 Å². The van der Waals surface area contributed by atoms with Crippen molar-refractivity contribution in [1.29, 1.82) is 0 Å². The Hall–Kier alpha value is -0.230. The van der Waals surface area contributed by atoms with Crippen LogP contribution in [0.15, 0.2) is 38.7 Å². The van der Waals surface area contributed by atoms with E-state index < -0.39 is 9.05 Å². The Morgan fingerprint density at radius 3 is 2.71 bits per heavy atom. The summed E-state index contributed by atoms with van der Waals surface area (Å²) in [5, 5.41) is 0. The molecule has 17 heavy (non-hydrogen) atoms. The summed E-state index contributed by atoms with van der Waals surface area (Å²) in [6, 6.07) is 4.58. The molecule has 0 bridgehead atoms. The maximum atomic E-state index is 11.3. The molecule has 0 N–H and O–H groups in total. The Morgan fingerprint density at radius 1 is 1.53 bits per heavy atom. The van der Waals surface area contributed by atoms with E-state index in [-0.39, 0.29) is 17.3 Å². The average molecular weight is 360 g/mol. The van der Waals surface area contributed by atoms with Crippen molar-refractivity contribution in [1.82, 2.24) is 0 Å². The van der Waals surface area contributed by atoms with Crippen LogP contribution in [0, 0.1) is 0 Å². The molecule has 7 heteroatoms. The summed E-state index contributed by atoms with van der Waals surface area (Å²) in [6.07, 6.45) is 0. The van der Waals surface area contributed by atoms with Gasteiger partial charge >= 0.3 is 0 Å². The van der Waals surface area contributed by atoms with Gasteiger partial charge in [-0.2, -0.15) is 0 Å². The van der Waals surface area contributed by atoms with Crippen molar-refractivity contribution in [3.63, 3.8) is 0 Å². The molecule has 0 unspecified atom stereocenters. The van der Waals surface area contributed by atoms with E-state index in [9.17, 15) is 8.42 Å². The fraction of sp³-hybridized carbons (Fsp3) is 0.200. The van der Waals surface area contributed by atoms with Crippen molar-refractivity contribution in [3.05, 3.63) is 33.8 Å². The summed E-state index contributed by atoms with van der Waals surface area (Å²) >= 11 is 8.65. The molecule has 0 spiro atoms. The Kier molecular flexibility index (Phi) is 5.31. The lowest BCUT2D eigenvalue weighted by atomic mass is 10.3. The van der Waals surface area contributed by atoms with Crippen molar-refractivity contribution < 1.29 is 13.2 Å². The summed E-state index contributed by atoms with van der Waals surface area (Å²) in [4.78, 5) is -0.0732. The van der Waals surface area contributed by atoms with Gasteiger partial charge < -0.3 is 4.74 Å². The second kappa shape index (κ2) is 6.09.